The number of benzene rings is 2. The largest absolute Gasteiger partial charge is 0.497 e. The predicted octanol–water partition coefficient (Wildman–Crippen LogP) is 3.30. The molecule has 0 bridgehead atoms. The zero-order chi connectivity index (χ0) is 19.2. The minimum absolute atomic E-state index is 0.184. The lowest BCUT2D eigenvalue weighted by Gasteiger charge is -2.07. The maximum absolute atomic E-state index is 12.3. The summed E-state index contributed by atoms with van der Waals surface area (Å²) in [4.78, 5) is 12.3. The fourth-order valence-corrected chi connectivity index (χ4v) is 2.53. The Bertz CT molecular complexity index is 918. The summed E-state index contributed by atoms with van der Waals surface area (Å²) in [5, 5.41) is 6.67. The molecule has 1 N–H and O–H groups in total. The van der Waals surface area contributed by atoms with E-state index in [1.165, 1.54) is 0 Å². The lowest BCUT2D eigenvalue weighted by Crippen LogP contribution is -2.22. The number of nitrogens with zero attached hydrogens (tertiary/aromatic N) is 1. The Morgan fingerprint density at radius 1 is 0.963 bits per heavy atom. The van der Waals surface area contributed by atoms with Crippen LogP contribution in [0.3, 0.4) is 0 Å². The van der Waals surface area contributed by atoms with Gasteiger partial charge < -0.3 is 24.1 Å². The van der Waals surface area contributed by atoms with Crippen LogP contribution >= 0.6 is 0 Å². The molecule has 2 aromatic carbocycles. The summed E-state index contributed by atoms with van der Waals surface area (Å²) in [6.07, 6.45) is 0. The Kier molecular flexibility index (Phi) is 5.61. The third-order valence-electron chi connectivity index (χ3n) is 4.03. The van der Waals surface area contributed by atoms with Crippen LogP contribution in [0, 0.1) is 0 Å². The molecule has 1 aromatic heterocycles. The van der Waals surface area contributed by atoms with Crippen molar-refractivity contribution in [1.29, 1.82) is 0 Å². The molecule has 0 atom stereocenters. The summed E-state index contributed by atoms with van der Waals surface area (Å²) in [6.45, 7) is 0.369. The second-order valence-electron chi connectivity index (χ2n) is 5.67. The molecule has 3 aromatic rings. The molecule has 7 nitrogen and oxygen atoms in total. The second kappa shape index (κ2) is 8.27. The van der Waals surface area contributed by atoms with Gasteiger partial charge in [0.2, 0.25) is 0 Å². The zero-order valence-electron chi connectivity index (χ0n) is 15.3. The van der Waals surface area contributed by atoms with Gasteiger partial charge in [-0.1, -0.05) is 17.3 Å². The summed E-state index contributed by atoms with van der Waals surface area (Å²) in [5.41, 5.74) is 1.78. The van der Waals surface area contributed by atoms with Crippen LogP contribution in [0.2, 0.25) is 0 Å². The summed E-state index contributed by atoms with van der Waals surface area (Å²) in [5.74, 6) is 2.09. The quantitative estimate of drug-likeness (QED) is 0.689. The van der Waals surface area contributed by atoms with Crippen molar-refractivity contribution < 1.29 is 23.5 Å². The number of amides is 1. The Hall–Kier alpha value is -3.48. The second-order valence-corrected chi connectivity index (χ2v) is 5.67. The SMILES string of the molecule is COc1ccc(CNC(=O)c2cc(-c3cc(OC)ccc3OC)on2)cc1. The molecule has 0 aliphatic heterocycles. The number of rotatable bonds is 7. The molecule has 0 radical (unpaired) electrons. The van der Waals surface area contributed by atoms with Gasteiger partial charge in [-0.05, 0) is 35.9 Å². The van der Waals surface area contributed by atoms with E-state index in [0.29, 0.717) is 29.4 Å². The van der Waals surface area contributed by atoms with Gasteiger partial charge in [-0.25, -0.2) is 0 Å². The Balaban J connectivity index is 1.72. The minimum Gasteiger partial charge on any atom is -0.497 e. The summed E-state index contributed by atoms with van der Waals surface area (Å²) < 4.78 is 21.0. The number of aromatic nitrogens is 1. The molecule has 1 amide bonds. The van der Waals surface area contributed by atoms with E-state index in [0.717, 1.165) is 11.3 Å². The summed E-state index contributed by atoms with van der Waals surface area (Å²) in [7, 11) is 4.74. The first-order valence-electron chi connectivity index (χ1n) is 8.25. The number of methoxy groups -OCH3 is 3. The maximum Gasteiger partial charge on any atom is 0.273 e. The van der Waals surface area contributed by atoms with Crippen LogP contribution in [0.4, 0.5) is 0 Å². The van der Waals surface area contributed by atoms with Gasteiger partial charge in [0.15, 0.2) is 11.5 Å². The van der Waals surface area contributed by atoms with Crippen LogP contribution in [-0.2, 0) is 6.54 Å². The third kappa shape index (κ3) is 4.20. The highest BCUT2D eigenvalue weighted by Gasteiger charge is 2.17. The predicted molar refractivity (Wildman–Crippen MR) is 99.2 cm³/mol. The molecule has 27 heavy (non-hydrogen) atoms. The molecule has 0 unspecified atom stereocenters. The van der Waals surface area contributed by atoms with Gasteiger partial charge in [-0.15, -0.1) is 0 Å². The van der Waals surface area contributed by atoms with Gasteiger partial charge in [0, 0.05) is 12.6 Å². The molecular formula is C20H20N2O5. The normalized spacial score (nSPS) is 10.3. The van der Waals surface area contributed by atoms with Crippen molar-refractivity contribution in [2.24, 2.45) is 0 Å². The van der Waals surface area contributed by atoms with Gasteiger partial charge in [0.1, 0.15) is 17.2 Å². The Morgan fingerprint density at radius 2 is 1.67 bits per heavy atom. The van der Waals surface area contributed by atoms with E-state index in [1.54, 1.807) is 45.6 Å². The van der Waals surface area contributed by atoms with Crippen LogP contribution in [0.1, 0.15) is 16.1 Å². The molecule has 0 saturated heterocycles. The molecule has 0 fully saturated rings. The smallest absolute Gasteiger partial charge is 0.273 e. The van der Waals surface area contributed by atoms with E-state index in [2.05, 4.69) is 10.5 Å². The van der Waals surface area contributed by atoms with Gasteiger partial charge in [0.05, 0.1) is 26.9 Å². The number of ether oxygens (including phenoxy) is 3. The van der Waals surface area contributed by atoms with E-state index in [1.807, 2.05) is 24.3 Å². The van der Waals surface area contributed by atoms with Crippen molar-refractivity contribution in [1.82, 2.24) is 10.5 Å². The van der Waals surface area contributed by atoms with E-state index in [9.17, 15) is 4.79 Å². The van der Waals surface area contributed by atoms with Crippen LogP contribution < -0.4 is 19.5 Å². The lowest BCUT2D eigenvalue weighted by molar-refractivity contribution is 0.0942. The molecular weight excluding hydrogens is 348 g/mol. The van der Waals surface area contributed by atoms with Gasteiger partial charge in [-0.2, -0.15) is 0 Å². The first-order chi connectivity index (χ1) is 13.1. The van der Waals surface area contributed by atoms with Crippen molar-refractivity contribution in [2.75, 3.05) is 21.3 Å². The van der Waals surface area contributed by atoms with Gasteiger partial charge >= 0.3 is 0 Å². The third-order valence-corrected chi connectivity index (χ3v) is 4.03. The van der Waals surface area contributed by atoms with E-state index >= 15 is 0 Å². The Labute approximate surface area is 156 Å². The van der Waals surface area contributed by atoms with Crippen molar-refractivity contribution >= 4 is 5.91 Å². The van der Waals surface area contributed by atoms with Gasteiger partial charge in [0.25, 0.3) is 5.91 Å². The monoisotopic (exact) mass is 368 g/mol. The fourth-order valence-electron chi connectivity index (χ4n) is 2.53. The van der Waals surface area contributed by atoms with E-state index < -0.39 is 0 Å². The highest BCUT2D eigenvalue weighted by atomic mass is 16.5. The zero-order valence-corrected chi connectivity index (χ0v) is 15.3. The van der Waals surface area contributed by atoms with E-state index in [-0.39, 0.29) is 11.6 Å². The molecule has 0 aliphatic rings. The summed E-state index contributed by atoms with van der Waals surface area (Å²) >= 11 is 0. The average Bonchev–Trinajstić information content (AvgIpc) is 3.22. The molecule has 7 heteroatoms. The van der Waals surface area contributed by atoms with Crippen molar-refractivity contribution in [3.05, 3.63) is 59.8 Å². The molecule has 1 heterocycles. The number of carbonyl (C=O) groups is 1. The first kappa shape index (κ1) is 18.3. The maximum atomic E-state index is 12.3. The van der Waals surface area contributed by atoms with Crippen LogP contribution in [0.15, 0.2) is 53.1 Å². The summed E-state index contributed by atoms with van der Waals surface area (Å²) in [6, 6.07) is 14.3. The molecule has 140 valence electrons. The number of hydrogen-bond acceptors (Lipinski definition) is 6. The first-order valence-corrected chi connectivity index (χ1v) is 8.25. The Morgan fingerprint density at radius 3 is 2.33 bits per heavy atom. The standard InChI is InChI=1S/C20H20N2O5/c1-24-14-6-4-13(5-7-14)12-21-20(23)17-11-19(27-22-17)16-10-15(25-2)8-9-18(16)26-3/h4-11H,12H2,1-3H3,(H,21,23). The topological polar surface area (TPSA) is 82.8 Å². The molecule has 0 aliphatic carbocycles. The van der Waals surface area contributed by atoms with Crippen molar-refractivity contribution in [2.45, 2.75) is 6.54 Å². The van der Waals surface area contributed by atoms with Gasteiger partial charge in [-0.3, -0.25) is 4.79 Å². The minimum atomic E-state index is -0.331. The van der Waals surface area contributed by atoms with Crippen LogP contribution in [0.25, 0.3) is 11.3 Å². The molecule has 3 rings (SSSR count). The average molecular weight is 368 g/mol. The lowest BCUT2D eigenvalue weighted by atomic mass is 10.1. The van der Waals surface area contributed by atoms with Crippen molar-refractivity contribution in [3.8, 4) is 28.6 Å². The van der Waals surface area contributed by atoms with E-state index in [4.69, 9.17) is 18.7 Å². The van der Waals surface area contributed by atoms with Crippen LogP contribution in [-0.4, -0.2) is 32.4 Å². The highest BCUT2D eigenvalue weighted by Crippen LogP contribution is 2.33. The number of carbonyl (C=O) groups excluding carboxylic acids is 1. The molecule has 0 saturated carbocycles. The van der Waals surface area contributed by atoms with Crippen LogP contribution in [0.5, 0.6) is 17.2 Å². The fraction of sp³-hybridized carbons (Fsp3) is 0.200. The van der Waals surface area contributed by atoms with Crippen molar-refractivity contribution in [3.63, 3.8) is 0 Å². The molecule has 0 spiro atoms. The number of hydrogen-bond donors (Lipinski definition) is 1. The number of nitrogens with one attached hydrogen (secondary N) is 1. The highest BCUT2D eigenvalue weighted by molar-refractivity contribution is 5.93.